The van der Waals surface area contributed by atoms with Gasteiger partial charge in [-0.05, 0) is 42.0 Å². The van der Waals surface area contributed by atoms with Gasteiger partial charge in [-0.25, -0.2) is 0 Å². The molecule has 0 spiro atoms. The topological polar surface area (TPSA) is 0 Å². The van der Waals surface area contributed by atoms with E-state index >= 15 is 0 Å². The van der Waals surface area contributed by atoms with Crippen LogP contribution in [0.3, 0.4) is 0 Å². The third kappa shape index (κ3) is 4.91. The van der Waals surface area contributed by atoms with E-state index < -0.39 is 7.92 Å². The zero-order valence-corrected chi connectivity index (χ0v) is 16.5. The minimum atomic E-state index is -0.936. The Labute approximate surface area is 155 Å². The van der Waals surface area contributed by atoms with Crippen LogP contribution in [-0.2, 0) is 20.0 Å². The van der Waals surface area contributed by atoms with Crippen molar-refractivity contribution in [3.8, 4) is 0 Å². The Morgan fingerprint density at radius 3 is 1.43 bits per heavy atom. The van der Waals surface area contributed by atoms with Gasteiger partial charge in [0, 0.05) is 0 Å². The number of rotatable bonds is 4. The van der Waals surface area contributed by atoms with Crippen molar-refractivity contribution in [1.29, 1.82) is 0 Å². The van der Waals surface area contributed by atoms with Crippen LogP contribution in [0.4, 0.5) is 0 Å². The number of halogens is 1. The Morgan fingerprint density at radius 1 is 0.652 bits per heavy atom. The summed E-state index contributed by atoms with van der Waals surface area (Å²) in [4.78, 5) is 0. The van der Waals surface area contributed by atoms with Gasteiger partial charge in [0.1, 0.15) is 15.9 Å². The summed E-state index contributed by atoms with van der Waals surface area (Å²) in [6.45, 7) is 3.83. The van der Waals surface area contributed by atoms with Crippen molar-refractivity contribution < 1.29 is 20.0 Å². The van der Waals surface area contributed by atoms with Crippen molar-refractivity contribution in [1.82, 2.24) is 0 Å². The van der Waals surface area contributed by atoms with Crippen molar-refractivity contribution in [2.24, 2.45) is 0 Å². The minimum absolute atomic E-state index is 0.936. The van der Waals surface area contributed by atoms with Gasteiger partial charge in [0.25, 0.3) is 0 Å². The van der Waals surface area contributed by atoms with Gasteiger partial charge in [-0.3, -0.25) is 0 Å². The van der Waals surface area contributed by atoms with Crippen LogP contribution >= 0.6 is 17.1 Å². The second kappa shape index (κ2) is 9.88. The van der Waals surface area contributed by atoms with Crippen LogP contribution in [0.15, 0.2) is 91.5 Å². The Kier molecular flexibility index (Phi) is 7.82. The van der Waals surface area contributed by atoms with E-state index in [0.717, 1.165) is 0 Å². The van der Waals surface area contributed by atoms with Crippen LogP contribution in [0.5, 0.6) is 0 Å². The standard InChI is InChI=1S/C20H17P.Au.ClH/c1-2-17-13-15-20(16-14-17)21(18-9-5-3-6-10-18)19-11-7-4-8-12-19;;/h2-16H,1H2;;1H/q;+1;. The van der Waals surface area contributed by atoms with E-state index in [4.69, 9.17) is 0 Å². The average Bonchev–Trinajstić information content (AvgIpc) is 2.66. The fourth-order valence-corrected chi connectivity index (χ4v) is 5.05. The number of hydrogen-bond donors (Lipinski definition) is 0. The van der Waals surface area contributed by atoms with E-state index in [0.29, 0.717) is 0 Å². The predicted molar refractivity (Wildman–Crippen MR) is 102 cm³/mol. The third-order valence-electron chi connectivity index (χ3n) is 3.56. The first-order valence-corrected chi connectivity index (χ1v) is 11.4. The summed E-state index contributed by atoms with van der Waals surface area (Å²) < 4.78 is 0. The molecule has 0 radical (unpaired) electrons. The van der Waals surface area contributed by atoms with E-state index in [1.54, 1.807) is 20.0 Å². The van der Waals surface area contributed by atoms with Gasteiger partial charge in [0.2, 0.25) is 0 Å². The van der Waals surface area contributed by atoms with Crippen molar-refractivity contribution in [2.75, 3.05) is 0 Å². The predicted octanol–water partition coefficient (Wildman–Crippen LogP) is 4.51. The first-order chi connectivity index (χ1) is 11.4. The normalized spacial score (nSPS) is 9.91. The van der Waals surface area contributed by atoms with E-state index in [-0.39, 0.29) is 0 Å². The molecule has 0 saturated heterocycles. The van der Waals surface area contributed by atoms with E-state index in [9.17, 15) is 0 Å². The summed E-state index contributed by atoms with van der Waals surface area (Å²) >= 11 is 1.75. The van der Waals surface area contributed by atoms with E-state index in [1.165, 1.54) is 21.5 Å². The molecule has 0 aromatic heterocycles. The van der Waals surface area contributed by atoms with Gasteiger partial charge in [-0.1, -0.05) is 61.2 Å². The van der Waals surface area contributed by atoms with Crippen LogP contribution < -0.4 is 15.9 Å². The molecule has 3 heteroatoms. The molecule has 23 heavy (non-hydrogen) atoms. The molecule has 0 N–H and O–H groups in total. The monoisotopic (exact) mass is 521 g/mol. The van der Waals surface area contributed by atoms with E-state index in [2.05, 4.69) is 101 Å². The van der Waals surface area contributed by atoms with Crippen LogP contribution in [0.2, 0.25) is 0 Å². The second-order valence-corrected chi connectivity index (χ2v) is 7.42. The summed E-state index contributed by atoms with van der Waals surface area (Å²) in [7, 11) is 3.65. The molecule has 0 unspecified atom stereocenters. The molecule has 0 aliphatic carbocycles. The van der Waals surface area contributed by atoms with Gasteiger partial charge >= 0.3 is 29.2 Å². The number of hydrogen-bond acceptors (Lipinski definition) is 0. The summed E-state index contributed by atoms with van der Waals surface area (Å²) in [6.07, 6.45) is 1.89. The first-order valence-electron chi connectivity index (χ1n) is 7.20. The zero-order chi connectivity index (χ0) is 16.5. The molecule has 0 aliphatic heterocycles. The molecule has 0 fully saturated rings. The zero-order valence-electron chi connectivity index (χ0n) is 12.5. The van der Waals surface area contributed by atoms with Gasteiger partial charge in [0.05, 0.1) is 7.92 Å². The molecular formula is C20H18AuClP+. The molecule has 3 aromatic rings. The average molecular weight is 522 g/mol. The molecule has 0 nitrogen and oxygen atoms in total. The van der Waals surface area contributed by atoms with E-state index in [1.807, 2.05) is 6.08 Å². The van der Waals surface area contributed by atoms with Crippen LogP contribution in [0.25, 0.3) is 6.08 Å². The Morgan fingerprint density at radius 2 is 1.04 bits per heavy atom. The fourth-order valence-electron chi connectivity index (χ4n) is 2.50. The van der Waals surface area contributed by atoms with Crippen molar-refractivity contribution >= 4 is 39.1 Å². The molecule has 0 atom stereocenters. The maximum atomic E-state index is 4.58. The molecule has 0 aliphatic rings. The summed E-state index contributed by atoms with van der Waals surface area (Å²) in [5.41, 5.74) is 1.17. The molecule has 120 valence electrons. The molecule has 0 saturated carbocycles. The fraction of sp³-hybridized carbons (Fsp3) is 0. The molecule has 3 aromatic carbocycles. The van der Waals surface area contributed by atoms with Crippen LogP contribution in [-0.4, -0.2) is 0 Å². The van der Waals surface area contributed by atoms with Gasteiger partial charge in [0.15, 0.2) is 0 Å². The van der Waals surface area contributed by atoms with Gasteiger partial charge in [-0.15, -0.1) is 0 Å². The van der Waals surface area contributed by atoms with Crippen LogP contribution in [0, 0.1) is 0 Å². The molecule has 0 bridgehead atoms. The third-order valence-corrected chi connectivity index (χ3v) is 6.29. The summed E-state index contributed by atoms with van der Waals surface area (Å²) in [5, 5.41) is 4.24. The van der Waals surface area contributed by atoms with Crippen molar-refractivity contribution in [2.45, 2.75) is 0 Å². The summed E-state index contributed by atoms with van der Waals surface area (Å²) in [5.74, 6) is 0. The number of benzene rings is 3. The van der Waals surface area contributed by atoms with Gasteiger partial charge in [-0.2, -0.15) is 0 Å². The SMILES string of the molecule is C=Cc1ccc([PH+](c2ccccc2)c2ccccc2)cc1.[Cl][Au]. The Bertz CT molecular complexity index is 672. The molecule has 3 rings (SSSR count). The quantitative estimate of drug-likeness (QED) is 0.350. The van der Waals surface area contributed by atoms with Crippen LogP contribution in [0.1, 0.15) is 5.56 Å². The van der Waals surface area contributed by atoms with Gasteiger partial charge < -0.3 is 0 Å². The molecular weight excluding hydrogens is 504 g/mol. The van der Waals surface area contributed by atoms with Crippen molar-refractivity contribution in [3.63, 3.8) is 0 Å². The molecule has 0 heterocycles. The maximum absolute atomic E-state index is 4.58. The summed E-state index contributed by atoms with van der Waals surface area (Å²) in [6, 6.07) is 30.4. The molecule has 0 amide bonds. The second-order valence-electron chi connectivity index (χ2n) is 4.93. The van der Waals surface area contributed by atoms with Crippen molar-refractivity contribution in [3.05, 3.63) is 97.1 Å². The Hall–Kier alpha value is -1.14. The first kappa shape index (κ1) is 18.2. The Balaban J connectivity index is 0.000000924.